The van der Waals surface area contributed by atoms with Crippen LogP contribution in [0.3, 0.4) is 0 Å². The number of esters is 1. The number of methoxy groups -OCH3 is 1. The first-order valence-electron chi connectivity index (χ1n) is 7.23. The van der Waals surface area contributed by atoms with E-state index in [1.165, 1.54) is 32.8 Å². The van der Waals surface area contributed by atoms with Crippen molar-refractivity contribution in [1.29, 1.82) is 0 Å². The van der Waals surface area contributed by atoms with Gasteiger partial charge >= 0.3 is 5.97 Å². The predicted molar refractivity (Wildman–Crippen MR) is 78.8 cm³/mol. The molecule has 1 saturated heterocycles. The molecule has 6 heteroatoms. The summed E-state index contributed by atoms with van der Waals surface area (Å²) in [5.74, 6) is 0.382. The van der Waals surface area contributed by atoms with Crippen LogP contribution in [0.15, 0.2) is 0 Å². The van der Waals surface area contributed by atoms with Gasteiger partial charge in [-0.3, -0.25) is 9.59 Å². The smallest absolute Gasteiger partial charge is 0.307 e. The lowest BCUT2D eigenvalue weighted by atomic mass is 9.85. The molecule has 2 fully saturated rings. The lowest BCUT2D eigenvalue weighted by Crippen LogP contribution is -2.46. The molecule has 2 N–H and O–H groups in total. The van der Waals surface area contributed by atoms with Crippen LogP contribution in [0, 0.1) is 5.92 Å². The highest BCUT2D eigenvalue weighted by Crippen LogP contribution is 2.33. The highest BCUT2D eigenvalue weighted by atomic mass is 35.5. The second kappa shape index (κ2) is 7.84. The molecule has 1 heterocycles. The molecule has 116 valence electrons. The molecule has 0 bridgehead atoms. The first-order chi connectivity index (χ1) is 9.10. The molecule has 2 rings (SSSR count). The van der Waals surface area contributed by atoms with Gasteiger partial charge in [0.15, 0.2) is 0 Å². The summed E-state index contributed by atoms with van der Waals surface area (Å²) in [6, 6.07) is 0.248. The Morgan fingerprint density at radius 2 is 2.05 bits per heavy atom. The SMILES string of the molecule is COC(=O)CC(C)NC(=O)C1CC2CCCCC2N1.Cl. The first kappa shape index (κ1) is 17.2. The molecular formula is C14H25ClN2O3. The van der Waals surface area contributed by atoms with Crippen molar-refractivity contribution in [3.63, 3.8) is 0 Å². The number of hydrogen-bond acceptors (Lipinski definition) is 4. The zero-order chi connectivity index (χ0) is 13.8. The van der Waals surface area contributed by atoms with Crippen LogP contribution in [0.4, 0.5) is 0 Å². The minimum Gasteiger partial charge on any atom is -0.469 e. The standard InChI is InChI=1S/C14H24N2O3.ClH/c1-9(7-13(17)19-2)15-14(18)12-8-10-5-3-4-6-11(10)16-12;/h9-12,16H,3-8H2,1-2H3,(H,15,18);1H. The second-order valence-corrected chi connectivity index (χ2v) is 5.80. The molecular weight excluding hydrogens is 280 g/mol. The van der Waals surface area contributed by atoms with Gasteiger partial charge in [-0.1, -0.05) is 12.8 Å². The maximum atomic E-state index is 12.1. The number of rotatable bonds is 4. The fourth-order valence-electron chi connectivity index (χ4n) is 3.25. The summed E-state index contributed by atoms with van der Waals surface area (Å²) in [6.45, 7) is 1.83. The van der Waals surface area contributed by atoms with Gasteiger partial charge in [-0.2, -0.15) is 0 Å². The van der Waals surface area contributed by atoms with E-state index in [2.05, 4.69) is 15.4 Å². The van der Waals surface area contributed by atoms with E-state index in [-0.39, 0.29) is 42.8 Å². The molecule has 5 nitrogen and oxygen atoms in total. The quantitative estimate of drug-likeness (QED) is 0.770. The number of carbonyl (C=O) groups is 2. The normalized spacial score (nSPS) is 29.8. The number of amides is 1. The summed E-state index contributed by atoms with van der Waals surface area (Å²) < 4.78 is 4.60. The van der Waals surface area contributed by atoms with Crippen LogP contribution in [-0.2, 0) is 14.3 Å². The van der Waals surface area contributed by atoms with Gasteiger partial charge < -0.3 is 15.4 Å². The molecule has 0 radical (unpaired) electrons. The summed E-state index contributed by atoms with van der Waals surface area (Å²) in [4.78, 5) is 23.3. The van der Waals surface area contributed by atoms with Gasteiger partial charge in [-0.05, 0) is 32.1 Å². The highest BCUT2D eigenvalue weighted by Gasteiger charge is 2.38. The minimum atomic E-state index is -0.291. The monoisotopic (exact) mass is 304 g/mol. The predicted octanol–water partition coefficient (Wildman–Crippen LogP) is 1.40. The van der Waals surface area contributed by atoms with Crippen LogP contribution in [0.25, 0.3) is 0 Å². The Balaban J connectivity index is 0.00000200. The lowest BCUT2D eigenvalue weighted by molar-refractivity contribution is -0.141. The van der Waals surface area contributed by atoms with E-state index < -0.39 is 0 Å². The average molecular weight is 305 g/mol. The summed E-state index contributed by atoms with van der Waals surface area (Å²) in [5.41, 5.74) is 0. The fourth-order valence-corrected chi connectivity index (χ4v) is 3.25. The summed E-state index contributed by atoms with van der Waals surface area (Å²) >= 11 is 0. The van der Waals surface area contributed by atoms with Crippen LogP contribution in [0.2, 0.25) is 0 Å². The van der Waals surface area contributed by atoms with Gasteiger partial charge in [0.25, 0.3) is 0 Å². The van der Waals surface area contributed by atoms with Gasteiger partial charge in [0.05, 0.1) is 19.6 Å². The average Bonchev–Trinajstić information content (AvgIpc) is 2.82. The molecule has 4 atom stereocenters. The molecule has 0 spiro atoms. The Kier molecular flexibility index (Phi) is 6.76. The van der Waals surface area contributed by atoms with E-state index >= 15 is 0 Å². The van der Waals surface area contributed by atoms with Crippen LogP contribution >= 0.6 is 12.4 Å². The van der Waals surface area contributed by atoms with Crippen molar-refractivity contribution in [2.75, 3.05) is 7.11 Å². The molecule has 1 aliphatic carbocycles. The van der Waals surface area contributed by atoms with E-state index in [1.807, 2.05) is 6.92 Å². The van der Waals surface area contributed by atoms with E-state index in [1.54, 1.807) is 0 Å². The third-order valence-electron chi connectivity index (χ3n) is 4.27. The molecule has 1 saturated carbocycles. The van der Waals surface area contributed by atoms with Gasteiger partial charge in [0.2, 0.25) is 5.91 Å². The maximum absolute atomic E-state index is 12.1. The molecule has 20 heavy (non-hydrogen) atoms. The molecule has 0 aromatic heterocycles. The van der Waals surface area contributed by atoms with Crippen molar-refractivity contribution in [1.82, 2.24) is 10.6 Å². The molecule has 0 aromatic carbocycles. The van der Waals surface area contributed by atoms with Crippen molar-refractivity contribution in [2.24, 2.45) is 5.92 Å². The van der Waals surface area contributed by atoms with E-state index in [9.17, 15) is 9.59 Å². The molecule has 0 aromatic rings. The number of ether oxygens (including phenoxy) is 1. The van der Waals surface area contributed by atoms with Crippen LogP contribution in [0.1, 0.15) is 45.4 Å². The Labute approximate surface area is 126 Å². The third-order valence-corrected chi connectivity index (χ3v) is 4.27. The summed E-state index contributed by atoms with van der Waals surface area (Å²) in [5, 5.41) is 6.33. The van der Waals surface area contributed by atoms with Crippen molar-refractivity contribution >= 4 is 24.3 Å². The van der Waals surface area contributed by atoms with Gasteiger partial charge in [0.1, 0.15) is 0 Å². The highest BCUT2D eigenvalue weighted by molar-refractivity contribution is 5.85. The molecule has 4 unspecified atom stereocenters. The van der Waals surface area contributed by atoms with Gasteiger partial charge in [-0.25, -0.2) is 0 Å². The number of nitrogens with one attached hydrogen (secondary N) is 2. The Morgan fingerprint density at radius 1 is 1.35 bits per heavy atom. The van der Waals surface area contributed by atoms with Crippen molar-refractivity contribution < 1.29 is 14.3 Å². The number of fused-ring (bicyclic) bond motifs is 1. The largest absolute Gasteiger partial charge is 0.469 e. The minimum absolute atomic E-state index is 0. The zero-order valence-electron chi connectivity index (χ0n) is 12.2. The number of hydrogen-bond donors (Lipinski definition) is 2. The summed E-state index contributed by atoms with van der Waals surface area (Å²) in [6.07, 6.45) is 6.13. The Bertz CT molecular complexity index is 337. The van der Waals surface area contributed by atoms with Gasteiger partial charge in [0, 0.05) is 12.1 Å². The van der Waals surface area contributed by atoms with Crippen molar-refractivity contribution in [2.45, 2.75) is 63.6 Å². The maximum Gasteiger partial charge on any atom is 0.307 e. The molecule has 1 aliphatic heterocycles. The number of halogens is 1. The lowest BCUT2D eigenvalue weighted by Gasteiger charge is -2.24. The molecule has 1 amide bonds. The first-order valence-corrected chi connectivity index (χ1v) is 7.23. The van der Waals surface area contributed by atoms with Gasteiger partial charge in [-0.15, -0.1) is 12.4 Å². The van der Waals surface area contributed by atoms with E-state index in [0.717, 1.165) is 6.42 Å². The summed E-state index contributed by atoms with van der Waals surface area (Å²) in [7, 11) is 1.36. The van der Waals surface area contributed by atoms with Crippen molar-refractivity contribution in [3.8, 4) is 0 Å². The Hall–Kier alpha value is -0.810. The van der Waals surface area contributed by atoms with Crippen molar-refractivity contribution in [3.05, 3.63) is 0 Å². The molecule has 2 aliphatic rings. The van der Waals surface area contributed by atoms with Crippen LogP contribution in [-0.4, -0.2) is 37.1 Å². The fraction of sp³-hybridized carbons (Fsp3) is 0.857. The number of carbonyl (C=O) groups excluding carboxylic acids is 2. The zero-order valence-corrected chi connectivity index (χ0v) is 13.0. The second-order valence-electron chi connectivity index (χ2n) is 5.80. The van der Waals surface area contributed by atoms with E-state index in [4.69, 9.17) is 0 Å². The van der Waals surface area contributed by atoms with Crippen LogP contribution in [0.5, 0.6) is 0 Å². The Morgan fingerprint density at radius 3 is 2.70 bits per heavy atom. The third kappa shape index (κ3) is 4.35. The topological polar surface area (TPSA) is 67.4 Å². The van der Waals surface area contributed by atoms with E-state index in [0.29, 0.717) is 12.0 Å². The van der Waals surface area contributed by atoms with Crippen LogP contribution < -0.4 is 10.6 Å².